The molecule has 6 nitrogen and oxygen atoms in total. The number of halogens is 1. The highest BCUT2D eigenvalue weighted by Crippen LogP contribution is 2.26. The summed E-state index contributed by atoms with van der Waals surface area (Å²) in [5.74, 6) is 1.06. The second kappa shape index (κ2) is 7.67. The minimum absolute atomic E-state index is 0.167. The Morgan fingerprint density at radius 2 is 1.96 bits per heavy atom. The number of amides is 1. The highest BCUT2D eigenvalue weighted by Gasteiger charge is 2.20. The van der Waals surface area contributed by atoms with Crippen LogP contribution in [0.2, 0.25) is 5.02 Å². The van der Waals surface area contributed by atoms with E-state index < -0.39 is 0 Å². The van der Waals surface area contributed by atoms with Crippen LogP contribution in [0.3, 0.4) is 0 Å². The third-order valence-electron chi connectivity index (χ3n) is 3.44. The number of aryl methyl sites for hydroxylation is 1. The summed E-state index contributed by atoms with van der Waals surface area (Å²) in [5.41, 5.74) is 0.958. The Labute approximate surface area is 154 Å². The SMILES string of the molecule is Cc1nnc(S[C@H](C)C(=O)Nc2ccc(Cl)cn2)n1-c1ccccc1. The van der Waals surface area contributed by atoms with Crippen molar-refractivity contribution in [1.82, 2.24) is 19.7 Å². The van der Waals surface area contributed by atoms with E-state index in [1.807, 2.05) is 48.7 Å². The summed E-state index contributed by atoms with van der Waals surface area (Å²) < 4.78 is 1.93. The molecule has 1 aromatic carbocycles. The van der Waals surface area contributed by atoms with Gasteiger partial charge >= 0.3 is 0 Å². The van der Waals surface area contributed by atoms with Crippen LogP contribution in [-0.4, -0.2) is 30.9 Å². The van der Waals surface area contributed by atoms with Crippen LogP contribution in [-0.2, 0) is 4.79 Å². The number of pyridine rings is 1. The zero-order valence-electron chi connectivity index (χ0n) is 13.7. The molecule has 3 aromatic rings. The summed E-state index contributed by atoms with van der Waals surface area (Å²) >= 11 is 7.14. The van der Waals surface area contributed by atoms with Gasteiger partial charge in [-0.25, -0.2) is 4.98 Å². The van der Waals surface area contributed by atoms with Crippen LogP contribution in [0.15, 0.2) is 53.8 Å². The Morgan fingerprint density at radius 3 is 2.64 bits per heavy atom. The molecule has 0 aliphatic rings. The maximum Gasteiger partial charge on any atom is 0.238 e. The largest absolute Gasteiger partial charge is 0.310 e. The summed E-state index contributed by atoms with van der Waals surface area (Å²) in [6.07, 6.45) is 1.49. The lowest BCUT2D eigenvalue weighted by atomic mass is 10.3. The molecule has 25 heavy (non-hydrogen) atoms. The van der Waals surface area contributed by atoms with Crippen molar-refractivity contribution in [3.63, 3.8) is 0 Å². The Bertz CT molecular complexity index is 867. The van der Waals surface area contributed by atoms with Crippen molar-refractivity contribution in [1.29, 1.82) is 0 Å². The van der Waals surface area contributed by atoms with E-state index in [4.69, 9.17) is 11.6 Å². The fourth-order valence-electron chi connectivity index (χ4n) is 2.18. The van der Waals surface area contributed by atoms with Crippen molar-refractivity contribution in [3.8, 4) is 5.69 Å². The maximum absolute atomic E-state index is 12.4. The lowest BCUT2D eigenvalue weighted by Gasteiger charge is -2.13. The number of nitrogens with zero attached hydrogens (tertiary/aromatic N) is 4. The van der Waals surface area contributed by atoms with Gasteiger partial charge in [-0.05, 0) is 38.1 Å². The average molecular weight is 374 g/mol. The number of carbonyl (C=O) groups excluding carboxylic acids is 1. The van der Waals surface area contributed by atoms with Gasteiger partial charge in [0, 0.05) is 11.9 Å². The molecule has 0 aliphatic carbocycles. The molecule has 128 valence electrons. The number of carbonyl (C=O) groups is 1. The second-order valence-corrected chi connectivity index (χ2v) is 7.06. The maximum atomic E-state index is 12.4. The molecule has 2 aromatic heterocycles. The van der Waals surface area contributed by atoms with Gasteiger partial charge in [0.1, 0.15) is 11.6 Å². The lowest BCUT2D eigenvalue weighted by molar-refractivity contribution is -0.115. The molecule has 2 heterocycles. The summed E-state index contributed by atoms with van der Waals surface area (Å²) in [4.78, 5) is 16.5. The molecule has 0 saturated heterocycles. The zero-order valence-corrected chi connectivity index (χ0v) is 15.3. The smallest absolute Gasteiger partial charge is 0.238 e. The molecule has 0 spiro atoms. The van der Waals surface area contributed by atoms with Crippen molar-refractivity contribution in [2.24, 2.45) is 0 Å². The van der Waals surface area contributed by atoms with E-state index in [9.17, 15) is 4.79 Å². The van der Waals surface area contributed by atoms with Gasteiger partial charge in [0.15, 0.2) is 5.16 Å². The normalized spacial score (nSPS) is 12.0. The number of para-hydroxylation sites is 1. The first-order valence-corrected chi connectivity index (χ1v) is 8.87. The van der Waals surface area contributed by atoms with Gasteiger partial charge in [0.25, 0.3) is 0 Å². The molecule has 1 atom stereocenters. The van der Waals surface area contributed by atoms with Crippen LogP contribution < -0.4 is 5.32 Å². The predicted octanol–water partition coefficient (Wildman–Crippen LogP) is 3.74. The summed E-state index contributed by atoms with van der Waals surface area (Å²) in [6, 6.07) is 13.1. The molecule has 3 rings (SSSR count). The van der Waals surface area contributed by atoms with Crippen LogP contribution >= 0.6 is 23.4 Å². The molecule has 1 amide bonds. The van der Waals surface area contributed by atoms with Crippen molar-refractivity contribution in [2.75, 3.05) is 5.32 Å². The fraction of sp³-hybridized carbons (Fsp3) is 0.176. The first kappa shape index (κ1) is 17.4. The second-order valence-electron chi connectivity index (χ2n) is 5.31. The average Bonchev–Trinajstić information content (AvgIpc) is 2.98. The topological polar surface area (TPSA) is 72.7 Å². The fourth-order valence-corrected chi connectivity index (χ4v) is 3.21. The Balaban J connectivity index is 1.74. The van der Waals surface area contributed by atoms with Crippen molar-refractivity contribution in [2.45, 2.75) is 24.3 Å². The Kier molecular flexibility index (Phi) is 5.35. The Morgan fingerprint density at radius 1 is 1.20 bits per heavy atom. The van der Waals surface area contributed by atoms with Crippen LogP contribution in [0.5, 0.6) is 0 Å². The standard InChI is InChI=1S/C17H16ClN5OS/c1-11(16(24)20-15-9-8-13(18)10-19-15)25-17-22-21-12(2)23(17)14-6-4-3-5-7-14/h3-11H,1-2H3,(H,19,20,24)/t11-/m1/s1. The molecular weight excluding hydrogens is 358 g/mol. The van der Waals surface area contributed by atoms with Crippen molar-refractivity contribution < 1.29 is 4.79 Å². The van der Waals surface area contributed by atoms with E-state index in [0.717, 1.165) is 11.5 Å². The molecule has 1 N–H and O–H groups in total. The summed E-state index contributed by atoms with van der Waals surface area (Å²) in [5, 5.41) is 11.9. The van der Waals surface area contributed by atoms with Gasteiger partial charge in [-0.15, -0.1) is 10.2 Å². The molecule has 0 bridgehead atoms. The van der Waals surface area contributed by atoms with Crippen LogP contribution in [0, 0.1) is 6.92 Å². The number of hydrogen-bond donors (Lipinski definition) is 1. The van der Waals surface area contributed by atoms with E-state index >= 15 is 0 Å². The van der Waals surface area contributed by atoms with E-state index in [2.05, 4.69) is 20.5 Å². The van der Waals surface area contributed by atoms with E-state index in [1.165, 1.54) is 18.0 Å². The number of thioether (sulfide) groups is 1. The number of hydrogen-bond acceptors (Lipinski definition) is 5. The third-order valence-corrected chi connectivity index (χ3v) is 4.71. The predicted molar refractivity (Wildman–Crippen MR) is 99.3 cm³/mol. The number of aromatic nitrogens is 4. The van der Waals surface area contributed by atoms with Crippen molar-refractivity contribution in [3.05, 3.63) is 59.5 Å². The number of benzene rings is 1. The monoisotopic (exact) mass is 373 g/mol. The first-order valence-electron chi connectivity index (χ1n) is 7.61. The van der Waals surface area contributed by atoms with Gasteiger partial charge in [-0.1, -0.05) is 41.6 Å². The van der Waals surface area contributed by atoms with Gasteiger partial charge < -0.3 is 5.32 Å². The van der Waals surface area contributed by atoms with Gasteiger partial charge in [-0.2, -0.15) is 0 Å². The van der Waals surface area contributed by atoms with Gasteiger partial charge in [-0.3, -0.25) is 9.36 Å². The summed E-state index contributed by atoms with van der Waals surface area (Å²) in [6.45, 7) is 3.70. The minimum atomic E-state index is -0.372. The van der Waals surface area contributed by atoms with Crippen LogP contribution in [0.4, 0.5) is 5.82 Å². The summed E-state index contributed by atoms with van der Waals surface area (Å²) in [7, 11) is 0. The zero-order chi connectivity index (χ0) is 17.8. The van der Waals surface area contributed by atoms with E-state index in [0.29, 0.717) is 16.0 Å². The molecule has 0 saturated carbocycles. The molecule has 0 aliphatic heterocycles. The number of nitrogens with one attached hydrogen (secondary N) is 1. The van der Waals surface area contributed by atoms with E-state index in [-0.39, 0.29) is 11.2 Å². The molecule has 8 heteroatoms. The number of rotatable bonds is 5. The van der Waals surface area contributed by atoms with E-state index in [1.54, 1.807) is 12.1 Å². The van der Waals surface area contributed by atoms with Crippen molar-refractivity contribution >= 4 is 35.1 Å². The number of anilines is 1. The quantitative estimate of drug-likeness (QED) is 0.689. The third kappa shape index (κ3) is 4.18. The van der Waals surface area contributed by atoms with Crippen LogP contribution in [0.1, 0.15) is 12.7 Å². The Hall–Kier alpha value is -2.38. The highest BCUT2D eigenvalue weighted by molar-refractivity contribution is 8.00. The molecule has 0 fully saturated rings. The molecular formula is C17H16ClN5OS. The van der Waals surface area contributed by atoms with Crippen LogP contribution in [0.25, 0.3) is 5.69 Å². The first-order chi connectivity index (χ1) is 12.0. The lowest BCUT2D eigenvalue weighted by Crippen LogP contribution is -2.23. The van der Waals surface area contributed by atoms with Gasteiger partial charge in [0.2, 0.25) is 5.91 Å². The molecule has 0 radical (unpaired) electrons. The van der Waals surface area contributed by atoms with Gasteiger partial charge in [0.05, 0.1) is 10.3 Å². The minimum Gasteiger partial charge on any atom is -0.310 e. The highest BCUT2D eigenvalue weighted by atomic mass is 35.5. The molecule has 0 unspecified atom stereocenters.